The molecule has 0 unspecified atom stereocenters. The van der Waals surface area contributed by atoms with E-state index in [1.807, 2.05) is 0 Å². The monoisotopic (exact) mass is 213 g/mol. The molecule has 4 N–H and O–H groups in total. The van der Waals surface area contributed by atoms with Crippen molar-refractivity contribution in [2.75, 3.05) is 33.2 Å². The molecule has 1 heterocycles. The summed E-state index contributed by atoms with van der Waals surface area (Å²) in [4.78, 5) is 6.27. The molecule has 0 aromatic carbocycles. The first-order valence-electron chi connectivity index (χ1n) is 5.60. The number of piperidine rings is 1. The zero-order chi connectivity index (χ0) is 11.3. The minimum atomic E-state index is 0.403. The number of guanidine groups is 1. The van der Waals surface area contributed by atoms with Gasteiger partial charge in [0.25, 0.3) is 0 Å². The van der Waals surface area contributed by atoms with E-state index in [1.165, 1.54) is 30.9 Å². The maximum atomic E-state index is 5.72. The fourth-order valence-electron chi connectivity index (χ4n) is 1.78. The van der Waals surface area contributed by atoms with Gasteiger partial charge in [0.1, 0.15) is 0 Å². The van der Waals surface area contributed by atoms with E-state index < -0.39 is 0 Å². The number of aliphatic imine (C=N–C) groups is 1. The largest absolute Gasteiger partial charge is 0.369 e. The third-order valence-corrected chi connectivity index (χ3v) is 3.06. The molecule has 1 saturated heterocycles. The highest BCUT2D eigenvalue weighted by atomic mass is 15.5. The highest BCUT2D eigenvalue weighted by Crippen LogP contribution is 2.15. The lowest BCUT2D eigenvalue weighted by Gasteiger charge is -2.31. The SMILES string of the molecule is CN=C(N)N(N)CCN1CCC(C)CC1. The summed E-state index contributed by atoms with van der Waals surface area (Å²) >= 11 is 0. The summed E-state index contributed by atoms with van der Waals surface area (Å²) in [5, 5.41) is 1.51. The average Bonchev–Trinajstić information content (AvgIpc) is 2.26. The van der Waals surface area contributed by atoms with Gasteiger partial charge in [-0.1, -0.05) is 6.92 Å². The van der Waals surface area contributed by atoms with E-state index in [0.29, 0.717) is 5.96 Å². The number of hydrogen-bond donors (Lipinski definition) is 2. The Balaban J connectivity index is 2.20. The van der Waals surface area contributed by atoms with Gasteiger partial charge in [-0.25, -0.2) is 5.84 Å². The quantitative estimate of drug-likeness (QED) is 0.296. The highest BCUT2D eigenvalue weighted by Gasteiger charge is 2.15. The molecule has 0 radical (unpaired) electrons. The number of nitrogens with two attached hydrogens (primary N) is 2. The standard InChI is InChI=1S/C10H23N5/c1-9-3-5-14(6-4-9)7-8-15(12)10(11)13-2/h9H,3-8,12H2,1-2H3,(H2,11,13). The molecule has 1 aliphatic rings. The molecule has 5 nitrogen and oxygen atoms in total. The predicted molar refractivity (Wildman–Crippen MR) is 63.3 cm³/mol. The Labute approximate surface area is 92.1 Å². The zero-order valence-corrected chi connectivity index (χ0v) is 9.82. The van der Waals surface area contributed by atoms with Gasteiger partial charge in [-0.2, -0.15) is 0 Å². The normalized spacial score (nSPS) is 20.6. The first-order chi connectivity index (χ1) is 7.13. The molecule has 0 atom stereocenters. The van der Waals surface area contributed by atoms with Crippen LogP contribution in [0.2, 0.25) is 0 Å². The second-order valence-electron chi connectivity index (χ2n) is 4.30. The van der Waals surface area contributed by atoms with Crippen molar-refractivity contribution >= 4 is 5.96 Å². The van der Waals surface area contributed by atoms with E-state index in [1.54, 1.807) is 7.05 Å². The Hall–Kier alpha value is -0.810. The molecular weight excluding hydrogens is 190 g/mol. The average molecular weight is 213 g/mol. The smallest absolute Gasteiger partial charge is 0.205 e. The van der Waals surface area contributed by atoms with Crippen LogP contribution in [-0.2, 0) is 0 Å². The molecule has 1 fully saturated rings. The molecule has 5 heteroatoms. The van der Waals surface area contributed by atoms with Gasteiger partial charge < -0.3 is 10.6 Å². The first-order valence-corrected chi connectivity index (χ1v) is 5.60. The molecule has 1 aliphatic heterocycles. The lowest BCUT2D eigenvalue weighted by atomic mass is 9.99. The van der Waals surface area contributed by atoms with Gasteiger partial charge in [-0.3, -0.25) is 10.0 Å². The Bertz CT molecular complexity index is 208. The van der Waals surface area contributed by atoms with Crippen LogP contribution in [0.5, 0.6) is 0 Å². The molecule has 15 heavy (non-hydrogen) atoms. The molecular formula is C10H23N5. The fourth-order valence-corrected chi connectivity index (χ4v) is 1.78. The summed E-state index contributed by atoms with van der Waals surface area (Å²) in [6.07, 6.45) is 2.59. The van der Waals surface area contributed by atoms with Gasteiger partial charge in [0, 0.05) is 20.1 Å². The van der Waals surface area contributed by atoms with Crippen LogP contribution in [0.25, 0.3) is 0 Å². The minimum Gasteiger partial charge on any atom is -0.369 e. The second-order valence-corrected chi connectivity index (χ2v) is 4.30. The van der Waals surface area contributed by atoms with Gasteiger partial charge in [0.15, 0.2) is 0 Å². The molecule has 0 aliphatic carbocycles. The van der Waals surface area contributed by atoms with Gasteiger partial charge in [-0.15, -0.1) is 0 Å². The number of hydrogen-bond acceptors (Lipinski definition) is 3. The van der Waals surface area contributed by atoms with Crippen LogP contribution in [-0.4, -0.2) is 49.1 Å². The molecule has 0 bridgehead atoms. The van der Waals surface area contributed by atoms with Crippen LogP contribution in [0, 0.1) is 5.92 Å². The summed E-state index contributed by atoms with van der Waals surface area (Å²) < 4.78 is 0. The van der Waals surface area contributed by atoms with Crippen molar-refractivity contribution in [3.8, 4) is 0 Å². The molecule has 0 aromatic heterocycles. The van der Waals surface area contributed by atoms with Crippen molar-refractivity contribution < 1.29 is 0 Å². The van der Waals surface area contributed by atoms with Crippen LogP contribution in [0.4, 0.5) is 0 Å². The number of hydrazine groups is 1. The van der Waals surface area contributed by atoms with Crippen molar-refractivity contribution in [1.82, 2.24) is 9.91 Å². The van der Waals surface area contributed by atoms with Crippen molar-refractivity contribution in [1.29, 1.82) is 0 Å². The lowest BCUT2D eigenvalue weighted by molar-refractivity contribution is 0.180. The minimum absolute atomic E-state index is 0.403. The van der Waals surface area contributed by atoms with Crippen LogP contribution in [0.3, 0.4) is 0 Å². The lowest BCUT2D eigenvalue weighted by Crippen LogP contribution is -2.47. The summed E-state index contributed by atoms with van der Waals surface area (Å²) in [6, 6.07) is 0. The molecule has 0 spiro atoms. The summed E-state index contributed by atoms with van der Waals surface area (Å²) in [5.74, 6) is 7.00. The molecule has 1 rings (SSSR count). The van der Waals surface area contributed by atoms with E-state index in [0.717, 1.165) is 19.0 Å². The van der Waals surface area contributed by atoms with E-state index in [-0.39, 0.29) is 0 Å². The van der Waals surface area contributed by atoms with E-state index in [2.05, 4.69) is 16.8 Å². The molecule has 0 amide bonds. The molecule has 88 valence electrons. The van der Waals surface area contributed by atoms with E-state index >= 15 is 0 Å². The fraction of sp³-hybridized carbons (Fsp3) is 0.900. The van der Waals surface area contributed by atoms with Gasteiger partial charge in [0.05, 0.1) is 0 Å². The predicted octanol–water partition coefficient (Wildman–Crippen LogP) is -0.161. The van der Waals surface area contributed by atoms with Crippen LogP contribution in [0.15, 0.2) is 4.99 Å². The van der Waals surface area contributed by atoms with Crippen molar-refractivity contribution in [2.45, 2.75) is 19.8 Å². The zero-order valence-electron chi connectivity index (χ0n) is 9.82. The Morgan fingerprint density at radius 3 is 2.60 bits per heavy atom. The summed E-state index contributed by atoms with van der Waals surface area (Å²) in [5.41, 5.74) is 5.59. The van der Waals surface area contributed by atoms with E-state index in [4.69, 9.17) is 11.6 Å². The van der Waals surface area contributed by atoms with Crippen molar-refractivity contribution in [2.24, 2.45) is 22.5 Å². The van der Waals surface area contributed by atoms with Crippen molar-refractivity contribution in [3.63, 3.8) is 0 Å². The summed E-state index contributed by atoms with van der Waals surface area (Å²) in [6.45, 7) is 6.39. The first kappa shape index (κ1) is 12.3. The topological polar surface area (TPSA) is 70.9 Å². The Morgan fingerprint density at radius 2 is 2.07 bits per heavy atom. The van der Waals surface area contributed by atoms with Gasteiger partial charge in [-0.05, 0) is 31.8 Å². The van der Waals surface area contributed by atoms with Crippen LogP contribution >= 0.6 is 0 Å². The Morgan fingerprint density at radius 1 is 1.47 bits per heavy atom. The van der Waals surface area contributed by atoms with Gasteiger partial charge in [0.2, 0.25) is 5.96 Å². The number of likely N-dealkylation sites (tertiary alicyclic amines) is 1. The summed E-state index contributed by atoms with van der Waals surface area (Å²) in [7, 11) is 1.65. The third kappa shape index (κ3) is 4.05. The number of nitrogens with zero attached hydrogens (tertiary/aromatic N) is 3. The van der Waals surface area contributed by atoms with Crippen LogP contribution < -0.4 is 11.6 Å². The van der Waals surface area contributed by atoms with Crippen LogP contribution in [0.1, 0.15) is 19.8 Å². The van der Waals surface area contributed by atoms with Crippen molar-refractivity contribution in [3.05, 3.63) is 0 Å². The third-order valence-electron chi connectivity index (χ3n) is 3.06. The molecule has 0 saturated carbocycles. The number of rotatable bonds is 3. The second kappa shape index (κ2) is 5.92. The highest BCUT2D eigenvalue weighted by molar-refractivity contribution is 5.77. The van der Waals surface area contributed by atoms with E-state index in [9.17, 15) is 0 Å². The Kier molecular flexibility index (Phi) is 4.84. The molecule has 0 aromatic rings. The maximum absolute atomic E-state index is 5.72. The van der Waals surface area contributed by atoms with Gasteiger partial charge >= 0.3 is 0 Å². The maximum Gasteiger partial charge on any atom is 0.205 e.